The van der Waals surface area contributed by atoms with Crippen molar-refractivity contribution in [2.45, 2.75) is 6.42 Å². The van der Waals surface area contributed by atoms with Crippen molar-refractivity contribution in [3.63, 3.8) is 0 Å². The second-order valence-electron chi connectivity index (χ2n) is 3.57. The van der Waals surface area contributed by atoms with Gasteiger partial charge in [-0.15, -0.1) is 0 Å². The fourth-order valence-electron chi connectivity index (χ4n) is 1.46. The smallest absolute Gasteiger partial charge is 0.145 e. The predicted molar refractivity (Wildman–Crippen MR) is 70.4 cm³/mol. The number of nitriles is 1. The molecule has 4 nitrogen and oxygen atoms in total. The molecule has 2 N–H and O–H groups in total. The summed E-state index contributed by atoms with van der Waals surface area (Å²) in [5.41, 5.74) is 6.62. The quantitative estimate of drug-likeness (QED) is 0.917. The monoisotopic (exact) mass is 278 g/mol. The summed E-state index contributed by atoms with van der Waals surface area (Å²) in [4.78, 5) is 8.11. The highest BCUT2D eigenvalue weighted by atomic mass is 35.5. The van der Waals surface area contributed by atoms with Crippen molar-refractivity contribution in [2.24, 2.45) is 0 Å². The lowest BCUT2D eigenvalue weighted by Gasteiger charge is -2.06. The Hall–Kier alpha value is -1.83. The van der Waals surface area contributed by atoms with Gasteiger partial charge < -0.3 is 5.73 Å². The van der Waals surface area contributed by atoms with Crippen LogP contribution in [0.5, 0.6) is 0 Å². The molecule has 0 saturated heterocycles. The van der Waals surface area contributed by atoms with Crippen molar-refractivity contribution in [1.82, 2.24) is 9.97 Å². The Morgan fingerprint density at radius 3 is 2.50 bits per heavy atom. The molecule has 0 unspecified atom stereocenters. The van der Waals surface area contributed by atoms with Crippen LogP contribution in [0.15, 0.2) is 24.4 Å². The summed E-state index contributed by atoms with van der Waals surface area (Å²) >= 11 is 12.1. The van der Waals surface area contributed by atoms with Crippen molar-refractivity contribution in [3.8, 4) is 6.07 Å². The van der Waals surface area contributed by atoms with E-state index in [0.717, 1.165) is 5.56 Å². The van der Waals surface area contributed by atoms with Crippen molar-refractivity contribution in [1.29, 1.82) is 5.26 Å². The van der Waals surface area contributed by atoms with Crippen LogP contribution in [0.1, 0.15) is 17.0 Å². The molecular weight excluding hydrogens is 271 g/mol. The summed E-state index contributed by atoms with van der Waals surface area (Å²) in [5.74, 6) is 0.632. The summed E-state index contributed by atoms with van der Waals surface area (Å²) in [6, 6.07) is 7.16. The zero-order valence-electron chi connectivity index (χ0n) is 9.19. The van der Waals surface area contributed by atoms with Crippen LogP contribution >= 0.6 is 23.2 Å². The molecule has 0 aliphatic rings. The molecule has 6 heteroatoms. The molecule has 0 atom stereocenters. The lowest BCUT2D eigenvalue weighted by Crippen LogP contribution is -2.03. The van der Waals surface area contributed by atoms with E-state index >= 15 is 0 Å². The van der Waals surface area contributed by atoms with Gasteiger partial charge in [0.25, 0.3) is 0 Å². The Morgan fingerprint density at radius 2 is 1.94 bits per heavy atom. The Morgan fingerprint density at radius 1 is 1.28 bits per heavy atom. The van der Waals surface area contributed by atoms with Crippen molar-refractivity contribution in [3.05, 3.63) is 51.4 Å². The number of aromatic nitrogens is 2. The number of nitrogens with two attached hydrogens (primary N) is 1. The maximum Gasteiger partial charge on any atom is 0.145 e. The standard InChI is InChI=1S/C12H8Cl2N4/c13-9-2-1-3-10(14)8(9)4-11-17-6-7(5-15)12(16)18-11/h1-3,6H,4H2,(H2,16,17,18). The number of hydrogen-bond acceptors (Lipinski definition) is 4. The van der Waals surface area contributed by atoms with Crippen LogP contribution in [0, 0.1) is 11.3 Å². The average molecular weight is 279 g/mol. The maximum atomic E-state index is 8.74. The van der Waals surface area contributed by atoms with E-state index in [9.17, 15) is 0 Å². The third-order valence-electron chi connectivity index (χ3n) is 2.39. The summed E-state index contributed by atoms with van der Waals surface area (Å²) in [7, 11) is 0. The highest BCUT2D eigenvalue weighted by molar-refractivity contribution is 6.36. The molecule has 0 aliphatic carbocycles. The number of benzene rings is 1. The molecule has 0 amide bonds. The number of nitrogens with zero attached hydrogens (tertiary/aromatic N) is 3. The normalized spacial score (nSPS) is 10.1. The highest BCUT2D eigenvalue weighted by Gasteiger charge is 2.10. The molecule has 0 saturated carbocycles. The minimum atomic E-state index is 0.158. The third kappa shape index (κ3) is 2.53. The van der Waals surface area contributed by atoms with E-state index in [2.05, 4.69) is 9.97 Å². The van der Waals surface area contributed by atoms with Gasteiger partial charge in [-0.25, -0.2) is 9.97 Å². The number of nitrogen functional groups attached to an aromatic ring is 1. The summed E-state index contributed by atoms with van der Waals surface area (Å²) in [6.07, 6.45) is 1.76. The van der Waals surface area contributed by atoms with Crippen LogP contribution in [-0.2, 0) is 6.42 Å². The topological polar surface area (TPSA) is 75.6 Å². The zero-order valence-corrected chi connectivity index (χ0v) is 10.7. The zero-order chi connectivity index (χ0) is 13.1. The molecule has 0 radical (unpaired) electrons. The van der Waals surface area contributed by atoms with Crippen LogP contribution in [0.4, 0.5) is 5.82 Å². The first-order chi connectivity index (χ1) is 8.61. The van der Waals surface area contributed by atoms with Crippen LogP contribution in [0.2, 0.25) is 10.0 Å². The SMILES string of the molecule is N#Cc1cnc(Cc2c(Cl)cccc2Cl)nc1N. The van der Waals surface area contributed by atoms with Gasteiger partial charge in [0.2, 0.25) is 0 Å². The molecule has 2 rings (SSSR count). The van der Waals surface area contributed by atoms with Gasteiger partial charge in [-0.05, 0) is 17.7 Å². The van der Waals surface area contributed by atoms with E-state index in [0.29, 0.717) is 22.3 Å². The average Bonchev–Trinajstić information content (AvgIpc) is 2.34. The number of hydrogen-bond donors (Lipinski definition) is 1. The number of anilines is 1. The molecule has 90 valence electrons. The van der Waals surface area contributed by atoms with E-state index in [1.807, 2.05) is 6.07 Å². The summed E-state index contributed by atoms with van der Waals surface area (Å²) in [6.45, 7) is 0. The molecular formula is C12H8Cl2N4. The van der Waals surface area contributed by atoms with E-state index in [4.69, 9.17) is 34.2 Å². The lowest BCUT2D eigenvalue weighted by molar-refractivity contribution is 0.970. The number of rotatable bonds is 2. The molecule has 1 aromatic heterocycles. The van der Waals surface area contributed by atoms with Gasteiger partial charge in [0.1, 0.15) is 23.3 Å². The van der Waals surface area contributed by atoms with E-state index in [1.54, 1.807) is 18.2 Å². The molecule has 2 aromatic rings. The number of halogens is 2. The molecule has 18 heavy (non-hydrogen) atoms. The van der Waals surface area contributed by atoms with Gasteiger partial charge in [0.15, 0.2) is 0 Å². The molecule has 0 aliphatic heterocycles. The second kappa shape index (κ2) is 5.21. The van der Waals surface area contributed by atoms with Gasteiger partial charge in [0, 0.05) is 16.5 Å². The first-order valence-electron chi connectivity index (χ1n) is 5.06. The molecule has 0 fully saturated rings. The van der Waals surface area contributed by atoms with Crippen molar-refractivity contribution in [2.75, 3.05) is 5.73 Å². The Labute approximate surface area is 114 Å². The van der Waals surface area contributed by atoms with Crippen molar-refractivity contribution >= 4 is 29.0 Å². The maximum absolute atomic E-state index is 8.74. The highest BCUT2D eigenvalue weighted by Crippen LogP contribution is 2.26. The van der Waals surface area contributed by atoms with E-state index < -0.39 is 0 Å². The molecule has 1 aromatic carbocycles. The second-order valence-corrected chi connectivity index (χ2v) is 4.39. The summed E-state index contributed by atoms with van der Waals surface area (Å²) in [5, 5.41) is 9.84. The molecule has 0 spiro atoms. The first-order valence-corrected chi connectivity index (χ1v) is 5.81. The Balaban J connectivity index is 2.35. The first kappa shape index (κ1) is 12.6. The van der Waals surface area contributed by atoms with Gasteiger partial charge in [-0.1, -0.05) is 29.3 Å². The Kier molecular flexibility index (Phi) is 3.66. The van der Waals surface area contributed by atoms with Gasteiger partial charge in [0.05, 0.1) is 6.20 Å². The minimum Gasteiger partial charge on any atom is -0.382 e. The fourth-order valence-corrected chi connectivity index (χ4v) is 2.00. The third-order valence-corrected chi connectivity index (χ3v) is 3.09. The predicted octanol–water partition coefficient (Wildman–Crippen LogP) is 2.83. The van der Waals surface area contributed by atoms with Gasteiger partial charge >= 0.3 is 0 Å². The minimum absolute atomic E-state index is 0.158. The molecule has 0 bridgehead atoms. The fraction of sp³-hybridized carbons (Fsp3) is 0.0833. The van der Waals surface area contributed by atoms with Crippen LogP contribution < -0.4 is 5.73 Å². The van der Waals surface area contributed by atoms with Crippen LogP contribution in [-0.4, -0.2) is 9.97 Å². The van der Waals surface area contributed by atoms with E-state index in [-0.39, 0.29) is 11.4 Å². The van der Waals surface area contributed by atoms with Crippen LogP contribution in [0.3, 0.4) is 0 Å². The van der Waals surface area contributed by atoms with Gasteiger partial charge in [-0.2, -0.15) is 5.26 Å². The van der Waals surface area contributed by atoms with Gasteiger partial charge in [-0.3, -0.25) is 0 Å². The molecule has 1 heterocycles. The van der Waals surface area contributed by atoms with E-state index in [1.165, 1.54) is 6.20 Å². The van der Waals surface area contributed by atoms with Crippen LogP contribution in [0.25, 0.3) is 0 Å². The lowest BCUT2D eigenvalue weighted by atomic mass is 10.1. The largest absolute Gasteiger partial charge is 0.382 e. The van der Waals surface area contributed by atoms with Crippen molar-refractivity contribution < 1.29 is 0 Å². The summed E-state index contributed by atoms with van der Waals surface area (Å²) < 4.78 is 0. The Bertz CT molecular complexity index is 614.